The van der Waals surface area contributed by atoms with Crippen molar-refractivity contribution in [2.24, 2.45) is 0 Å². The second-order valence-electron chi connectivity index (χ2n) is 3.81. The van der Waals surface area contributed by atoms with E-state index in [0.717, 1.165) is 11.4 Å². The van der Waals surface area contributed by atoms with Gasteiger partial charge in [0.1, 0.15) is 12.4 Å². The highest BCUT2D eigenvalue weighted by molar-refractivity contribution is 5.80. The van der Waals surface area contributed by atoms with E-state index in [4.69, 9.17) is 9.47 Å². The minimum absolute atomic E-state index is 0.0691. The van der Waals surface area contributed by atoms with E-state index in [1.54, 1.807) is 13.2 Å². The molecule has 2 N–H and O–H groups in total. The predicted molar refractivity (Wildman–Crippen MR) is 75.5 cm³/mol. The molecule has 0 saturated carbocycles. The number of rotatable bonds is 9. The first-order chi connectivity index (χ1) is 9.26. The van der Waals surface area contributed by atoms with E-state index in [1.165, 1.54) is 0 Å². The van der Waals surface area contributed by atoms with E-state index in [9.17, 15) is 4.79 Å². The molecule has 1 aromatic rings. The van der Waals surface area contributed by atoms with Crippen LogP contribution < -0.4 is 15.4 Å². The van der Waals surface area contributed by atoms with Crippen LogP contribution in [0.1, 0.15) is 0 Å². The molecule has 104 valence electrons. The second kappa shape index (κ2) is 8.99. The maximum absolute atomic E-state index is 11.4. The first-order valence-electron chi connectivity index (χ1n) is 6.09. The Morgan fingerprint density at radius 3 is 2.68 bits per heavy atom. The molecule has 19 heavy (non-hydrogen) atoms. The molecule has 1 rings (SSSR count). The van der Waals surface area contributed by atoms with Crippen LogP contribution in [0, 0.1) is 0 Å². The fourth-order valence-corrected chi connectivity index (χ4v) is 1.34. The molecule has 0 bridgehead atoms. The van der Waals surface area contributed by atoms with Crippen LogP contribution in [0.3, 0.4) is 0 Å². The summed E-state index contributed by atoms with van der Waals surface area (Å²) in [5.74, 6) is 0.707. The van der Waals surface area contributed by atoms with Crippen molar-refractivity contribution in [3.63, 3.8) is 0 Å². The molecule has 0 radical (unpaired) electrons. The Morgan fingerprint density at radius 1 is 1.32 bits per heavy atom. The molecule has 0 unspecified atom stereocenters. The largest absolute Gasteiger partial charge is 0.491 e. The van der Waals surface area contributed by atoms with E-state index in [0.29, 0.717) is 19.8 Å². The van der Waals surface area contributed by atoms with Gasteiger partial charge in [-0.2, -0.15) is 0 Å². The van der Waals surface area contributed by atoms with Crippen LogP contribution in [-0.4, -0.2) is 39.3 Å². The van der Waals surface area contributed by atoms with Gasteiger partial charge in [-0.05, 0) is 24.3 Å². The van der Waals surface area contributed by atoms with Gasteiger partial charge in [0.05, 0.1) is 13.2 Å². The Balaban J connectivity index is 2.31. The van der Waals surface area contributed by atoms with Gasteiger partial charge in [-0.3, -0.25) is 4.79 Å². The van der Waals surface area contributed by atoms with Crippen LogP contribution in [0.15, 0.2) is 36.9 Å². The van der Waals surface area contributed by atoms with E-state index >= 15 is 0 Å². The van der Waals surface area contributed by atoms with Gasteiger partial charge in [-0.1, -0.05) is 6.08 Å². The summed E-state index contributed by atoms with van der Waals surface area (Å²) in [6.07, 6.45) is 1.64. The summed E-state index contributed by atoms with van der Waals surface area (Å²) in [6.45, 7) is 5.33. The van der Waals surface area contributed by atoms with E-state index in [2.05, 4.69) is 17.2 Å². The zero-order valence-corrected chi connectivity index (χ0v) is 11.1. The summed E-state index contributed by atoms with van der Waals surface area (Å²) >= 11 is 0. The summed E-state index contributed by atoms with van der Waals surface area (Å²) in [5, 5.41) is 5.71. The summed E-state index contributed by atoms with van der Waals surface area (Å²) in [5.41, 5.74) is 0.868. The first-order valence-corrected chi connectivity index (χ1v) is 6.09. The summed E-state index contributed by atoms with van der Waals surface area (Å²) in [7, 11) is 1.63. The number of hydrogen-bond acceptors (Lipinski definition) is 4. The number of ether oxygens (including phenoxy) is 2. The highest BCUT2D eigenvalue weighted by Crippen LogP contribution is 2.15. The monoisotopic (exact) mass is 264 g/mol. The Hall–Kier alpha value is -2.01. The number of anilines is 1. The third kappa shape index (κ3) is 6.47. The molecule has 0 aliphatic carbocycles. The molecule has 0 aromatic heterocycles. The molecule has 0 saturated heterocycles. The Bertz CT molecular complexity index is 390. The predicted octanol–water partition coefficient (Wildman–Crippen LogP) is 1.43. The molecule has 5 nitrogen and oxygen atoms in total. The van der Waals surface area contributed by atoms with Gasteiger partial charge >= 0.3 is 0 Å². The van der Waals surface area contributed by atoms with Crippen molar-refractivity contribution in [1.29, 1.82) is 0 Å². The van der Waals surface area contributed by atoms with Crippen molar-refractivity contribution in [2.75, 3.05) is 38.7 Å². The van der Waals surface area contributed by atoms with Crippen LogP contribution in [0.2, 0.25) is 0 Å². The maximum atomic E-state index is 11.4. The fraction of sp³-hybridized carbons (Fsp3) is 0.357. The van der Waals surface area contributed by atoms with E-state index in [-0.39, 0.29) is 12.5 Å². The summed E-state index contributed by atoms with van der Waals surface area (Å²) in [4.78, 5) is 11.4. The van der Waals surface area contributed by atoms with Crippen molar-refractivity contribution in [3.05, 3.63) is 36.9 Å². The van der Waals surface area contributed by atoms with Crippen molar-refractivity contribution in [2.45, 2.75) is 0 Å². The minimum Gasteiger partial charge on any atom is -0.491 e. The highest BCUT2D eigenvalue weighted by atomic mass is 16.5. The normalized spacial score (nSPS) is 9.74. The molecule has 0 atom stereocenters. The topological polar surface area (TPSA) is 59.6 Å². The lowest BCUT2D eigenvalue weighted by molar-refractivity contribution is -0.119. The fourth-order valence-electron chi connectivity index (χ4n) is 1.34. The summed E-state index contributed by atoms with van der Waals surface area (Å²) in [6, 6.07) is 7.42. The zero-order valence-electron chi connectivity index (χ0n) is 11.1. The van der Waals surface area contributed by atoms with E-state index in [1.807, 2.05) is 24.3 Å². The average molecular weight is 264 g/mol. The number of carbonyl (C=O) groups is 1. The molecule has 0 heterocycles. The SMILES string of the molecule is C=CCNC(=O)CNc1ccc(OCCOC)cc1. The van der Waals surface area contributed by atoms with Gasteiger partial charge in [0, 0.05) is 19.3 Å². The second-order valence-corrected chi connectivity index (χ2v) is 3.81. The van der Waals surface area contributed by atoms with E-state index < -0.39 is 0 Å². The van der Waals surface area contributed by atoms with Crippen molar-refractivity contribution >= 4 is 11.6 Å². The number of hydrogen-bond donors (Lipinski definition) is 2. The lowest BCUT2D eigenvalue weighted by atomic mass is 10.3. The summed E-state index contributed by atoms with van der Waals surface area (Å²) < 4.78 is 10.3. The Labute approximate surface area is 113 Å². The van der Waals surface area contributed by atoms with Crippen LogP contribution in [0.25, 0.3) is 0 Å². The molecule has 1 amide bonds. The lowest BCUT2D eigenvalue weighted by Crippen LogP contribution is -2.29. The Kier molecular flexibility index (Phi) is 7.12. The van der Waals surface area contributed by atoms with Gasteiger partial charge in [-0.15, -0.1) is 6.58 Å². The first kappa shape index (κ1) is 15.0. The molecular formula is C14H20N2O3. The minimum atomic E-state index is -0.0691. The van der Waals surface area contributed by atoms with Gasteiger partial charge in [0.15, 0.2) is 0 Å². The van der Waals surface area contributed by atoms with Gasteiger partial charge in [-0.25, -0.2) is 0 Å². The molecular weight excluding hydrogens is 244 g/mol. The number of amides is 1. The Morgan fingerprint density at radius 2 is 2.05 bits per heavy atom. The third-order valence-electron chi connectivity index (χ3n) is 2.31. The zero-order chi connectivity index (χ0) is 13.9. The smallest absolute Gasteiger partial charge is 0.239 e. The van der Waals surface area contributed by atoms with Crippen molar-refractivity contribution in [1.82, 2.24) is 5.32 Å². The molecule has 1 aromatic carbocycles. The number of methoxy groups -OCH3 is 1. The molecule has 0 spiro atoms. The third-order valence-corrected chi connectivity index (χ3v) is 2.31. The molecule has 0 fully saturated rings. The number of carbonyl (C=O) groups excluding carboxylic acids is 1. The molecule has 5 heteroatoms. The van der Waals surface area contributed by atoms with Gasteiger partial charge in [0.25, 0.3) is 0 Å². The number of benzene rings is 1. The highest BCUT2D eigenvalue weighted by Gasteiger charge is 1.99. The maximum Gasteiger partial charge on any atom is 0.239 e. The van der Waals surface area contributed by atoms with Crippen LogP contribution in [-0.2, 0) is 9.53 Å². The van der Waals surface area contributed by atoms with Crippen LogP contribution in [0.5, 0.6) is 5.75 Å². The average Bonchev–Trinajstić information content (AvgIpc) is 2.44. The van der Waals surface area contributed by atoms with Crippen molar-refractivity contribution in [3.8, 4) is 5.75 Å². The van der Waals surface area contributed by atoms with Crippen LogP contribution in [0.4, 0.5) is 5.69 Å². The van der Waals surface area contributed by atoms with Gasteiger partial charge < -0.3 is 20.1 Å². The molecule has 0 aliphatic rings. The lowest BCUT2D eigenvalue weighted by Gasteiger charge is -2.08. The van der Waals surface area contributed by atoms with Crippen LogP contribution >= 0.6 is 0 Å². The van der Waals surface area contributed by atoms with Crippen molar-refractivity contribution < 1.29 is 14.3 Å². The van der Waals surface area contributed by atoms with Gasteiger partial charge in [0.2, 0.25) is 5.91 Å². The molecule has 0 aliphatic heterocycles. The number of nitrogens with one attached hydrogen (secondary N) is 2. The quantitative estimate of drug-likeness (QED) is 0.523. The standard InChI is InChI=1S/C14H20N2O3/c1-3-8-15-14(17)11-16-12-4-6-13(7-5-12)19-10-9-18-2/h3-7,16H,1,8-11H2,2H3,(H,15,17).